The lowest BCUT2D eigenvalue weighted by Crippen LogP contribution is -2.47. The fourth-order valence-corrected chi connectivity index (χ4v) is 3.05. The molecule has 1 aliphatic heterocycles. The van der Waals surface area contributed by atoms with Gasteiger partial charge in [0.2, 0.25) is 0 Å². The molecule has 1 heterocycles. The Morgan fingerprint density at radius 3 is 2.81 bits per heavy atom. The topological polar surface area (TPSA) is 24.5 Å². The Bertz CT molecular complexity index is 455. The minimum Gasteiger partial charge on any atom is -0.374 e. The number of hydrogen-bond donors (Lipinski definition) is 1. The molecule has 2 rings (SSSR count). The Morgan fingerprint density at radius 1 is 1.43 bits per heavy atom. The van der Waals surface area contributed by atoms with Crippen molar-refractivity contribution in [3.05, 3.63) is 34.6 Å². The van der Waals surface area contributed by atoms with Crippen LogP contribution in [0.4, 0.5) is 4.39 Å². The molecule has 0 saturated carbocycles. The van der Waals surface area contributed by atoms with Gasteiger partial charge in [0.25, 0.3) is 0 Å². The summed E-state index contributed by atoms with van der Waals surface area (Å²) in [5, 5.41) is 3.49. The second-order valence-electron chi connectivity index (χ2n) is 6.08. The fourth-order valence-electron chi connectivity index (χ4n) is 3.05. The lowest BCUT2D eigenvalue weighted by molar-refractivity contribution is -0.0399. The number of halogens is 1. The number of nitrogens with zero attached hydrogens (tertiary/aromatic N) is 1. The Balaban J connectivity index is 2.31. The van der Waals surface area contributed by atoms with E-state index in [1.54, 1.807) is 6.07 Å². The van der Waals surface area contributed by atoms with E-state index in [0.717, 1.165) is 42.7 Å². The van der Waals surface area contributed by atoms with Crippen LogP contribution in [-0.2, 0) is 4.74 Å². The summed E-state index contributed by atoms with van der Waals surface area (Å²) in [7, 11) is 2.09. The average Bonchev–Trinajstić information content (AvgIpc) is 2.41. The summed E-state index contributed by atoms with van der Waals surface area (Å²) in [6, 6.07) is 3.58. The van der Waals surface area contributed by atoms with Gasteiger partial charge in [0.15, 0.2) is 0 Å². The number of nitrogens with one attached hydrogen (secondary N) is 1. The lowest BCUT2D eigenvalue weighted by Gasteiger charge is -2.36. The Kier molecular flexibility index (Phi) is 5.73. The molecule has 0 aromatic heterocycles. The van der Waals surface area contributed by atoms with Crippen LogP contribution in [0.1, 0.15) is 36.1 Å². The fraction of sp³-hybridized carbons (Fsp3) is 0.647. The van der Waals surface area contributed by atoms with Gasteiger partial charge >= 0.3 is 0 Å². The molecular weight excluding hydrogens is 267 g/mol. The van der Waals surface area contributed by atoms with E-state index >= 15 is 0 Å². The molecule has 21 heavy (non-hydrogen) atoms. The summed E-state index contributed by atoms with van der Waals surface area (Å²) in [6.45, 7) is 9.37. The molecule has 4 heteroatoms. The molecule has 0 spiro atoms. The minimum atomic E-state index is -0.127. The Morgan fingerprint density at radius 2 is 2.19 bits per heavy atom. The van der Waals surface area contributed by atoms with Crippen molar-refractivity contribution >= 4 is 0 Å². The molecule has 2 unspecified atom stereocenters. The van der Waals surface area contributed by atoms with Gasteiger partial charge in [0.05, 0.1) is 18.8 Å². The molecule has 0 bridgehead atoms. The smallest absolute Gasteiger partial charge is 0.128 e. The molecule has 1 aromatic rings. The predicted octanol–water partition coefficient (Wildman–Crippen LogP) is 2.81. The van der Waals surface area contributed by atoms with Gasteiger partial charge < -0.3 is 15.0 Å². The van der Waals surface area contributed by atoms with Gasteiger partial charge in [-0.3, -0.25) is 0 Å². The van der Waals surface area contributed by atoms with Gasteiger partial charge in [0, 0.05) is 18.7 Å². The van der Waals surface area contributed by atoms with Crippen molar-refractivity contribution in [1.82, 2.24) is 10.2 Å². The first-order valence-electron chi connectivity index (χ1n) is 7.83. The normalized spacial score (nSPS) is 21.5. The van der Waals surface area contributed by atoms with E-state index in [4.69, 9.17) is 4.74 Å². The first-order valence-corrected chi connectivity index (χ1v) is 7.83. The van der Waals surface area contributed by atoms with Crippen molar-refractivity contribution in [1.29, 1.82) is 0 Å². The Labute approximate surface area is 127 Å². The monoisotopic (exact) mass is 294 g/mol. The highest BCUT2D eigenvalue weighted by Crippen LogP contribution is 2.28. The summed E-state index contributed by atoms with van der Waals surface area (Å²) < 4.78 is 20.5. The van der Waals surface area contributed by atoms with Crippen molar-refractivity contribution < 1.29 is 9.13 Å². The van der Waals surface area contributed by atoms with Gasteiger partial charge in [-0.2, -0.15) is 0 Å². The van der Waals surface area contributed by atoms with Crippen LogP contribution < -0.4 is 5.32 Å². The standard InChI is InChI=1S/C17H27FN2O/c1-5-6-19-17(15-11-20(4)7-8-21-15)16-13(3)9-12(2)10-14(16)18/h9-10,15,17,19H,5-8,11H2,1-4H3. The molecule has 118 valence electrons. The van der Waals surface area contributed by atoms with Gasteiger partial charge in [-0.1, -0.05) is 13.0 Å². The number of likely N-dealkylation sites (N-methyl/N-ethyl adjacent to an activating group) is 1. The number of morpholine rings is 1. The number of benzene rings is 1. The molecule has 1 aromatic carbocycles. The van der Waals surface area contributed by atoms with Crippen LogP contribution >= 0.6 is 0 Å². The van der Waals surface area contributed by atoms with Gasteiger partial charge in [-0.15, -0.1) is 0 Å². The molecule has 1 fully saturated rings. The average molecular weight is 294 g/mol. The third-order valence-corrected chi connectivity index (χ3v) is 4.07. The molecule has 1 saturated heterocycles. The number of hydrogen-bond acceptors (Lipinski definition) is 3. The molecule has 0 aliphatic carbocycles. The third kappa shape index (κ3) is 4.02. The summed E-state index contributed by atoms with van der Waals surface area (Å²) in [6.07, 6.45) is 1.01. The first kappa shape index (κ1) is 16.4. The van der Waals surface area contributed by atoms with Crippen molar-refractivity contribution in [3.8, 4) is 0 Å². The summed E-state index contributed by atoms with van der Waals surface area (Å²) in [4.78, 5) is 2.25. The van der Waals surface area contributed by atoms with Gasteiger partial charge in [-0.25, -0.2) is 4.39 Å². The predicted molar refractivity (Wildman–Crippen MR) is 84.1 cm³/mol. The molecule has 0 amide bonds. The molecule has 1 N–H and O–H groups in total. The second kappa shape index (κ2) is 7.34. The first-order chi connectivity index (χ1) is 10.0. The highest BCUT2D eigenvalue weighted by molar-refractivity contribution is 5.35. The highest BCUT2D eigenvalue weighted by atomic mass is 19.1. The van der Waals surface area contributed by atoms with Crippen molar-refractivity contribution in [2.75, 3.05) is 33.3 Å². The zero-order chi connectivity index (χ0) is 15.4. The number of aryl methyl sites for hydroxylation is 2. The number of rotatable bonds is 5. The quantitative estimate of drug-likeness (QED) is 0.904. The molecule has 2 atom stereocenters. The van der Waals surface area contributed by atoms with Crippen LogP contribution in [-0.4, -0.2) is 44.3 Å². The minimum absolute atomic E-state index is 0.00814. The molecule has 0 radical (unpaired) electrons. The zero-order valence-corrected chi connectivity index (χ0v) is 13.6. The van der Waals surface area contributed by atoms with Gasteiger partial charge in [-0.05, 0) is 51.1 Å². The summed E-state index contributed by atoms with van der Waals surface area (Å²) >= 11 is 0. The van der Waals surface area contributed by atoms with Crippen molar-refractivity contribution in [3.63, 3.8) is 0 Å². The van der Waals surface area contributed by atoms with Crippen molar-refractivity contribution in [2.24, 2.45) is 0 Å². The van der Waals surface area contributed by atoms with E-state index in [2.05, 4.69) is 24.2 Å². The van der Waals surface area contributed by atoms with Crippen LogP contribution in [0.15, 0.2) is 12.1 Å². The largest absolute Gasteiger partial charge is 0.374 e. The molecular formula is C17H27FN2O. The molecule has 3 nitrogen and oxygen atoms in total. The SMILES string of the molecule is CCCNC(c1c(C)cc(C)cc1F)C1CN(C)CCO1. The van der Waals surface area contributed by atoms with Crippen LogP contribution in [0.25, 0.3) is 0 Å². The van der Waals surface area contributed by atoms with Gasteiger partial charge in [0.1, 0.15) is 5.82 Å². The van der Waals surface area contributed by atoms with E-state index in [1.807, 2.05) is 19.9 Å². The Hall–Kier alpha value is -0.970. The maximum atomic E-state index is 14.5. The van der Waals surface area contributed by atoms with Crippen LogP contribution in [0.2, 0.25) is 0 Å². The summed E-state index contributed by atoms with van der Waals surface area (Å²) in [5.74, 6) is -0.127. The lowest BCUT2D eigenvalue weighted by atomic mass is 9.93. The van der Waals surface area contributed by atoms with Crippen LogP contribution in [0.5, 0.6) is 0 Å². The highest BCUT2D eigenvalue weighted by Gasteiger charge is 2.30. The number of ether oxygens (including phenoxy) is 1. The third-order valence-electron chi connectivity index (χ3n) is 4.07. The molecule has 1 aliphatic rings. The zero-order valence-electron chi connectivity index (χ0n) is 13.6. The van der Waals surface area contributed by atoms with E-state index in [-0.39, 0.29) is 18.0 Å². The maximum Gasteiger partial charge on any atom is 0.128 e. The second-order valence-corrected chi connectivity index (χ2v) is 6.08. The van der Waals surface area contributed by atoms with Crippen molar-refractivity contribution in [2.45, 2.75) is 39.3 Å². The maximum absolute atomic E-state index is 14.5. The van der Waals surface area contributed by atoms with E-state index < -0.39 is 0 Å². The van der Waals surface area contributed by atoms with Crippen LogP contribution in [0, 0.1) is 19.7 Å². The summed E-state index contributed by atoms with van der Waals surface area (Å²) in [5.41, 5.74) is 2.72. The van der Waals surface area contributed by atoms with E-state index in [0.29, 0.717) is 6.61 Å². The van der Waals surface area contributed by atoms with E-state index in [9.17, 15) is 4.39 Å². The van der Waals surface area contributed by atoms with E-state index in [1.165, 1.54) is 0 Å². The van der Waals surface area contributed by atoms with Crippen LogP contribution in [0.3, 0.4) is 0 Å².